The third-order valence-electron chi connectivity index (χ3n) is 9.47. The normalized spacial score (nSPS) is 11.5. The molecular weight excluding hydrogens is 555 g/mol. The molecule has 0 bridgehead atoms. The lowest BCUT2D eigenvalue weighted by Crippen LogP contribution is -1.91. The van der Waals surface area contributed by atoms with Crippen LogP contribution in [0.5, 0.6) is 0 Å². The number of nitriles is 1. The van der Waals surface area contributed by atoms with Crippen LogP contribution in [0, 0.1) is 11.3 Å². The van der Waals surface area contributed by atoms with Gasteiger partial charge in [0.25, 0.3) is 0 Å². The summed E-state index contributed by atoms with van der Waals surface area (Å²) in [6.45, 7) is 0. The summed E-state index contributed by atoms with van der Waals surface area (Å²) in [5.41, 5.74) is 7.51. The molecule has 1 nitrogen and oxygen atoms in total. The topological polar surface area (TPSA) is 23.8 Å². The van der Waals surface area contributed by atoms with E-state index < -0.39 is 0 Å². The van der Waals surface area contributed by atoms with E-state index >= 15 is 0 Å². The molecule has 9 aromatic rings. The molecule has 0 saturated carbocycles. The fourth-order valence-corrected chi connectivity index (χ4v) is 7.38. The molecule has 0 atom stereocenters. The number of nitrogens with zero attached hydrogens (tertiary/aromatic N) is 1. The van der Waals surface area contributed by atoms with Gasteiger partial charge < -0.3 is 0 Å². The monoisotopic (exact) mass is 581 g/mol. The van der Waals surface area contributed by atoms with E-state index in [0.29, 0.717) is 5.56 Å². The van der Waals surface area contributed by atoms with Crippen molar-refractivity contribution in [3.63, 3.8) is 0 Å². The van der Waals surface area contributed by atoms with Crippen molar-refractivity contribution in [2.75, 3.05) is 0 Å². The van der Waals surface area contributed by atoms with E-state index in [1.807, 2.05) is 24.3 Å². The van der Waals surface area contributed by atoms with Gasteiger partial charge in [0.05, 0.1) is 11.6 Å². The lowest BCUT2D eigenvalue weighted by atomic mass is 9.85. The maximum Gasteiger partial charge on any atom is 0.0998 e. The van der Waals surface area contributed by atoms with Gasteiger partial charge in [-0.05, 0) is 118 Å². The van der Waals surface area contributed by atoms with Crippen LogP contribution in [0.15, 0.2) is 164 Å². The highest BCUT2D eigenvalue weighted by Crippen LogP contribution is 2.44. The zero-order valence-corrected chi connectivity index (χ0v) is 25.0. The van der Waals surface area contributed by atoms with Crippen molar-refractivity contribution in [1.29, 1.82) is 5.26 Å². The maximum absolute atomic E-state index is 9.79. The lowest BCUT2D eigenvalue weighted by Gasteiger charge is -2.18. The minimum Gasteiger partial charge on any atom is -0.192 e. The van der Waals surface area contributed by atoms with Gasteiger partial charge in [0, 0.05) is 0 Å². The molecule has 0 aliphatic rings. The molecule has 212 valence electrons. The quantitative estimate of drug-likeness (QED) is 0.190. The van der Waals surface area contributed by atoms with E-state index in [0.717, 1.165) is 16.7 Å². The van der Waals surface area contributed by atoms with Gasteiger partial charge in [-0.15, -0.1) is 0 Å². The number of rotatable bonds is 3. The van der Waals surface area contributed by atoms with E-state index in [1.54, 1.807) is 0 Å². The highest BCUT2D eigenvalue weighted by atomic mass is 14.2. The Labute approximate surface area is 267 Å². The first-order chi connectivity index (χ1) is 22.8. The summed E-state index contributed by atoms with van der Waals surface area (Å²) >= 11 is 0. The van der Waals surface area contributed by atoms with Crippen LogP contribution in [0.25, 0.3) is 87.2 Å². The van der Waals surface area contributed by atoms with Crippen molar-refractivity contribution >= 4 is 53.9 Å². The molecule has 0 amide bonds. The predicted molar refractivity (Wildman–Crippen MR) is 195 cm³/mol. The first kappa shape index (κ1) is 26.2. The van der Waals surface area contributed by atoms with Gasteiger partial charge in [-0.1, -0.05) is 133 Å². The highest BCUT2D eigenvalue weighted by molar-refractivity contribution is 6.25. The molecule has 0 aromatic heterocycles. The van der Waals surface area contributed by atoms with E-state index in [2.05, 4.69) is 146 Å². The fraction of sp³-hybridized carbons (Fsp3) is 0. The van der Waals surface area contributed by atoms with Crippen molar-refractivity contribution in [1.82, 2.24) is 0 Å². The van der Waals surface area contributed by atoms with Crippen LogP contribution in [0.3, 0.4) is 0 Å². The highest BCUT2D eigenvalue weighted by Gasteiger charge is 2.17. The summed E-state index contributed by atoms with van der Waals surface area (Å²) in [5, 5.41) is 22.3. The molecule has 9 rings (SSSR count). The van der Waals surface area contributed by atoms with Crippen molar-refractivity contribution in [3.8, 4) is 39.4 Å². The van der Waals surface area contributed by atoms with E-state index in [9.17, 15) is 5.26 Å². The van der Waals surface area contributed by atoms with Crippen LogP contribution >= 0.6 is 0 Å². The minimum atomic E-state index is 0.683. The summed E-state index contributed by atoms with van der Waals surface area (Å²) < 4.78 is 0. The molecule has 0 radical (unpaired) electrons. The first-order valence-corrected chi connectivity index (χ1v) is 15.7. The number of hydrogen-bond donors (Lipinski definition) is 0. The molecule has 1 heteroatoms. The number of fused-ring (bicyclic) bond motifs is 8. The summed E-state index contributed by atoms with van der Waals surface area (Å²) in [6.07, 6.45) is 0. The van der Waals surface area contributed by atoms with Crippen molar-refractivity contribution in [3.05, 3.63) is 169 Å². The molecule has 9 aromatic carbocycles. The van der Waals surface area contributed by atoms with Gasteiger partial charge in [0.2, 0.25) is 0 Å². The zero-order valence-electron chi connectivity index (χ0n) is 25.0. The molecule has 0 heterocycles. The van der Waals surface area contributed by atoms with E-state index in [4.69, 9.17) is 0 Å². The Hall–Kier alpha value is -6.23. The van der Waals surface area contributed by atoms with Crippen molar-refractivity contribution < 1.29 is 0 Å². The third kappa shape index (κ3) is 4.02. The smallest absolute Gasteiger partial charge is 0.0998 e. The summed E-state index contributed by atoms with van der Waals surface area (Å²) in [6, 6.07) is 61.1. The van der Waals surface area contributed by atoms with Gasteiger partial charge in [0.1, 0.15) is 0 Å². The van der Waals surface area contributed by atoms with Crippen LogP contribution in [0.2, 0.25) is 0 Å². The van der Waals surface area contributed by atoms with Gasteiger partial charge in [-0.3, -0.25) is 0 Å². The molecule has 0 spiro atoms. The molecule has 46 heavy (non-hydrogen) atoms. The zero-order chi connectivity index (χ0) is 30.6. The average Bonchev–Trinajstić information content (AvgIpc) is 3.14. The molecule has 0 aliphatic heterocycles. The summed E-state index contributed by atoms with van der Waals surface area (Å²) in [7, 11) is 0. The molecule has 0 aliphatic carbocycles. The third-order valence-corrected chi connectivity index (χ3v) is 9.47. The Morgan fingerprint density at radius 1 is 0.304 bits per heavy atom. The summed E-state index contributed by atoms with van der Waals surface area (Å²) in [4.78, 5) is 0. The largest absolute Gasteiger partial charge is 0.192 e. The minimum absolute atomic E-state index is 0.683. The lowest BCUT2D eigenvalue weighted by molar-refractivity contribution is 1.48. The van der Waals surface area contributed by atoms with Crippen LogP contribution in [0.1, 0.15) is 5.56 Å². The Bertz CT molecular complexity index is 2710. The Morgan fingerprint density at radius 2 is 0.761 bits per heavy atom. The van der Waals surface area contributed by atoms with E-state index in [-0.39, 0.29) is 0 Å². The SMILES string of the molecule is N#Cc1ccccc1-c1cccc(-c2cc3c4ccccc4c(-c4cc5ccccc5c5ccccc45)cc3c3ccccc23)c1. The van der Waals surface area contributed by atoms with Crippen LogP contribution < -0.4 is 0 Å². The summed E-state index contributed by atoms with van der Waals surface area (Å²) in [5.74, 6) is 0. The molecule has 0 N–H and O–H groups in total. The fourth-order valence-electron chi connectivity index (χ4n) is 7.38. The first-order valence-electron chi connectivity index (χ1n) is 15.7. The van der Waals surface area contributed by atoms with Crippen LogP contribution in [-0.4, -0.2) is 0 Å². The molecule has 0 saturated heterocycles. The van der Waals surface area contributed by atoms with Crippen molar-refractivity contribution in [2.45, 2.75) is 0 Å². The van der Waals surface area contributed by atoms with Gasteiger partial charge in [0.15, 0.2) is 0 Å². The van der Waals surface area contributed by atoms with Crippen molar-refractivity contribution in [2.24, 2.45) is 0 Å². The van der Waals surface area contributed by atoms with Gasteiger partial charge in [-0.2, -0.15) is 5.26 Å². The predicted octanol–water partition coefficient (Wildman–Crippen LogP) is 12.3. The van der Waals surface area contributed by atoms with Gasteiger partial charge in [-0.25, -0.2) is 0 Å². The Balaban J connectivity index is 1.36. The second-order valence-electron chi connectivity index (χ2n) is 12.0. The molecule has 0 unspecified atom stereocenters. The second kappa shape index (κ2) is 10.4. The number of hydrogen-bond acceptors (Lipinski definition) is 1. The second-order valence-corrected chi connectivity index (χ2v) is 12.0. The van der Waals surface area contributed by atoms with Crippen LogP contribution in [0.4, 0.5) is 0 Å². The standard InChI is InChI=1S/C45H27N/c46-28-32-13-2-3-16-33(32)29-14-11-15-30(24-29)41-26-43-39-22-9-10-23-40(39)44(27-45(43)38-21-8-6-19-36(38)41)42-25-31-12-1-4-17-34(31)35-18-5-7-20-37(35)42/h1-27H. The Kier molecular flexibility index (Phi) is 5.95. The molecular formula is C45H27N. The Morgan fingerprint density at radius 3 is 1.41 bits per heavy atom. The maximum atomic E-state index is 9.79. The number of benzene rings is 9. The molecule has 0 fully saturated rings. The van der Waals surface area contributed by atoms with Crippen LogP contribution in [-0.2, 0) is 0 Å². The van der Waals surface area contributed by atoms with Gasteiger partial charge >= 0.3 is 0 Å². The van der Waals surface area contributed by atoms with E-state index in [1.165, 1.54) is 70.6 Å². The average molecular weight is 582 g/mol.